The molecule has 2 rings (SSSR count). The van der Waals surface area contributed by atoms with E-state index in [1.165, 1.54) is 29.1 Å². The van der Waals surface area contributed by atoms with Gasteiger partial charge in [0.2, 0.25) is 6.35 Å². The summed E-state index contributed by atoms with van der Waals surface area (Å²) in [6.45, 7) is -0.391. The monoisotopic (exact) mass is 375 g/mol. The van der Waals surface area contributed by atoms with Crippen molar-refractivity contribution >= 4 is 34.4 Å². The molecule has 0 amide bonds. The van der Waals surface area contributed by atoms with Crippen molar-refractivity contribution in [3.05, 3.63) is 12.3 Å². The molecule has 0 saturated carbocycles. The molecule has 0 aromatic heterocycles. The lowest BCUT2D eigenvalue weighted by Crippen LogP contribution is -2.55. The Morgan fingerprint density at radius 3 is 2.64 bits per heavy atom. The number of aliphatic hydroxyl groups is 3. The van der Waals surface area contributed by atoms with E-state index in [0.29, 0.717) is 0 Å². The third-order valence-electron chi connectivity index (χ3n) is 3.42. The second-order valence-corrected chi connectivity index (χ2v) is 9.14. The second-order valence-electron chi connectivity index (χ2n) is 4.86. The first-order valence-electron chi connectivity index (χ1n) is 6.22. The largest absolute Gasteiger partial charge is 0.387 e. The number of ether oxygens (including phenoxy) is 1. The fourth-order valence-corrected chi connectivity index (χ4v) is 2.82. The normalized spacial score (nSPS) is 36.3. The lowest BCUT2D eigenvalue weighted by Gasteiger charge is -2.40. The molecule has 0 radical (unpaired) electrons. The van der Waals surface area contributed by atoms with Crippen LogP contribution in [0.5, 0.6) is 0 Å². The molecular formula is C10H16Cl2N3O6P. The molecular weight excluding hydrogens is 360 g/mol. The molecule has 126 valence electrons. The predicted octanol–water partition coefficient (Wildman–Crippen LogP) is 0.0497. The number of halogens is 2. The van der Waals surface area contributed by atoms with Crippen molar-refractivity contribution in [3.8, 4) is 0 Å². The molecule has 22 heavy (non-hydrogen) atoms. The van der Waals surface area contributed by atoms with Crippen LogP contribution in [0.25, 0.3) is 0 Å². The molecule has 3 unspecified atom stereocenters. The van der Waals surface area contributed by atoms with Gasteiger partial charge in [-0.25, -0.2) is 0 Å². The highest BCUT2D eigenvalue weighted by molar-refractivity contribution is 8.05. The van der Waals surface area contributed by atoms with Crippen molar-refractivity contribution in [1.82, 2.24) is 9.80 Å². The summed E-state index contributed by atoms with van der Waals surface area (Å²) in [5.74, 6) is 0.0712. The van der Waals surface area contributed by atoms with Crippen molar-refractivity contribution in [3.63, 3.8) is 0 Å². The van der Waals surface area contributed by atoms with Crippen molar-refractivity contribution in [1.29, 1.82) is 5.41 Å². The van der Waals surface area contributed by atoms with Gasteiger partial charge in [0.15, 0.2) is 6.23 Å². The second kappa shape index (κ2) is 6.62. The first-order valence-corrected chi connectivity index (χ1v) is 9.66. The first-order chi connectivity index (χ1) is 10.1. The van der Waals surface area contributed by atoms with Crippen LogP contribution in [-0.4, -0.2) is 75.5 Å². The number of hydrogen-bond donors (Lipinski definition) is 4. The topological polar surface area (TPSA) is 127 Å². The molecule has 1 saturated heterocycles. The fraction of sp³-hybridized carbons (Fsp3) is 0.700. The van der Waals surface area contributed by atoms with Crippen LogP contribution in [0.15, 0.2) is 12.3 Å². The van der Waals surface area contributed by atoms with Crippen molar-refractivity contribution in [2.24, 2.45) is 0 Å². The lowest BCUT2D eigenvalue weighted by molar-refractivity contribution is -0.162. The highest BCUT2D eigenvalue weighted by Crippen LogP contribution is 2.57. The Bertz CT molecular complexity index is 517. The predicted molar refractivity (Wildman–Crippen MR) is 78.4 cm³/mol. The van der Waals surface area contributed by atoms with Crippen LogP contribution < -0.4 is 0 Å². The third kappa shape index (κ3) is 3.74. The molecule has 0 aromatic rings. The van der Waals surface area contributed by atoms with E-state index < -0.39 is 43.6 Å². The summed E-state index contributed by atoms with van der Waals surface area (Å²) in [6.07, 6.45) is -7.11. The van der Waals surface area contributed by atoms with Gasteiger partial charge < -0.3 is 34.4 Å². The molecule has 5 atom stereocenters. The minimum Gasteiger partial charge on any atom is -0.387 e. The maximum Gasteiger partial charge on any atom is 0.380 e. The molecule has 9 nitrogen and oxygen atoms in total. The number of likely N-dealkylation sites (N-methyl/N-ethyl adjacent to an activating group) is 1. The Labute approximate surface area is 136 Å². The van der Waals surface area contributed by atoms with E-state index in [1.807, 2.05) is 0 Å². The van der Waals surface area contributed by atoms with E-state index in [1.54, 1.807) is 0 Å². The van der Waals surface area contributed by atoms with Gasteiger partial charge in [0.1, 0.15) is 24.1 Å². The Morgan fingerprint density at radius 1 is 1.41 bits per heavy atom. The molecule has 0 aliphatic carbocycles. The smallest absolute Gasteiger partial charge is 0.380 e. The Hall–Kier alpha value is -0.380. The van der Waals surface area contributed by atoms with Crippen molar-refractivity contribution < 1.29 is 29.1 Å². The molecule has 12 heteroatoms. The first kappa shape index (κ1) is 18.0. The standard InChI is InChI=1S/C10H16Cl2N3O6P/c1-14-6(13)2-3-15(10(14)18)9-8(17)7(16)5(21-9)4-20-22(11,12)19/h2-3,5,7-10,13,16-18H,4H2,1H3/t5-,7?,8?,9-,10?/m1/s1. The van der Waals surface area contributed by atoms with E-state index >= 15 is 0 Å². The van der Waals surface area contributed by atoms with Gasteiger partial charge in [-0.05, 0) is 28.6 Å². The third-order valence-corrected chi connectivity index (χ3v) is 4.45. The number of nitrogens with zero attached hydrogens (tertiary/aromatic N) is 2. The van der Waals surface area contributed by atoms with Gasteiger partial charge in [-0.15, -0.1) is 0 Å². The summed E-state index contributed by atoms with van der Waals surface area (Å²) in [7, 11) is 1.49. The highest BCUT2D eigenvalue weighted by atomic mass is 35.9. The average Bonchev–Trinajstić information content (AvgIpc) is 2.70. The van der Waals surface area contributed by atoms with Crippen LogP contribution in [0.1, 0.15) is 0 Å². The van der Waals surface area contributed by atoms with Gasteiger partial charge >= 0.3 is 6.07 Å². The zero-order valence-corrected chi connectivity index (χ0v) is 13.8. The van der Waals surface area contributed by atoms with E-state index in [9.17, 15) is 19.9 Å². The van der Waals surface area contributed by atoms with Crippen LogP contribution in [0, 0.1) is 5.41 Å². The Kier molecular flexibility index (Phi) is 5.41. The van der Waals surface area contributed by atoms with Gasteiger partial charge in [-0.1, -0.05) is 0 Å². The van der Waals surface area contributed by atoms with Crippen molar-refractivity contribution in [2.75, 3.05) is 13.7 Å². The molecule has 0 spiro atoms. The van der Waals surface area contributed by atoms with E-state index in [0.717, 1.165) is 0 Å². The maximum atomic E-state index is 11.1. The minimum absolute atomic E-state index is 0.0712. The summed E-state index contributed by atoms with van der Waals surface area (Å²) in [5, 5.41) is 37.7. The summed E-state index contributed by atoms with van der Waals surface area (Å²) >= 11 is 10.5. The van der Waals surface area contributed by atoms with Gasteiger partial charge in [0.05, 0.1) is 6.61 Å². The number of aliphatic hydroxyl groups excluding tert-OH is 3. The van der Waals surface area contributed by atoms with Crippen LogP contribution in [0.3, 0.4) is 0 Å². The van der Waals surface area contributed by atoms with Gasteiger partial charge in [0.25, 0.3) is 0 Å². The number of amidine groups is 1. The molecule has 2 heterocycles. The molecule has 2 aliphatic heterocycles. The van der Waals surface area contributed by atoms with E-state index in [2.05, 4.69) is 4.52 Å². The fourth-order valence-electron chi connectivity index (χ4n) is 2.17. The molecule has 0 aromatic carbocycles. The van der Waals surface area contributed by atoms with Crippen LogP contribution in [0.4, 0.5) is 0 Å². The average molecular weight is 376 g/mol. The molecule has 0 bridgehead atoms. The molecule has 1 fully saturated rings. The Morgan fingerprint density at radius 2 is 2.05 bits per heavy atom. The lowest BCUT2D eigenvalue weighted by atomic mass is 10.1. The van der Waals surface area contributed by atoms with Crippen LogP contribution in [-0.2, 0) is 13.8 Å². The molecule has 2 aliphatic rings. The van der Waals surface area contributed by atoms with Gasteiger partial charge in [-0.3, -0.25) is 9.97 Å². The van der Waals surface area contributed by atoms with Gasteiger partial charge in [0, 0.05) is 13.2 Å². The zero-order valence-electron chi connectivity index (χ0n) is 11.4. The van der Waals surface area contributed by atoms with E-state index in [-0.39, 0.29) is 5.84 Å². The number of nitrogens with one attached hydrogen (secondary N) is 1. The number of rotatable bonds is 4. The Balaban J connectivity index is 2.08. The summed E-state index contributed by atoms with van der Waals surface area (Å²) in [5.41, 5.74) is 0. The number of hydrogen-bond acceptors (Lipinski definition) is 8. The SMILES string of the molecule is CN1C(=N)C=CN([C@@H]2O[C@H](COP(=O)(Cl)Cl)C(O)C2O)C1O. The van der Waals surface area contributed by atoms with Crippen molar-refractivity contribution in [2.45, 2.75) is 30.9 Å². The summed E-state index contributed by atoms with van der Waals surface area (Å²) in [4.78, 5) is 2.46. The maximum absolute atomic E-state index is 11.1. The van der Waals surface area contributed by atoms with Crippen LogP contribution in [0.2, 0.25) is 0 Å². The summed E-state index contributed by atoms with van der Waals surface area (Å²) < 4.78 is 21.2. The highest BCUT2D eigenvalue weighted by Gasteiger charge is 2.48. The van der Waals surface area contributed by atoms with Gasteiger partial charge in [-0.2, -0.15) is 0 Å². The van der Waals surface area contributed by atoms with Crippen LogP contribution >= 0.6 is 28.6 Å². The minimum atomic E-state index is -3.79. The summed E-state index contributed by atoms with van der Waals surface area (Å²) in [6, 6.07) is 0. The van der Waals surface area contributed by atoms with E-state index in [4.69, 9.17) is 32.6 Å². The molecule has 4 N–H and O–H groups in total. The quantitative estimate of drug-likeness (QED) is 0.507. The zero-order chi connectivity index (χ0) is 16.7.